The van der Waals surface area contributed by atoms with Crippen molar-refractivity contribution in [2.75, 3.05) is 6.61 Å². The van der Waals surface area contributed by atoms with Gasteiger partial charge in [-0.25, -0.2) is 4.79 Å². The minimum Gasteiger partial charge on any atom is -0.494 e. The van der Waals surface area contributed by atoms with Crippen LogP contribution in [0, 0.1) is 5.92 Å². The van der Waals surface area contributed by atoms with Gasteiger partial charge >= 0.3 is 11.9 Å². The molecule has 7 heteroatoms. The average molecular weight is 586 g/mol. The molecule has 1 unspecified atom stereocenters. The quantitative estimate of drug-likeness (QED) is 0.0769. The molecule has 1 atom stereocenters. The van der Waals surface area contributed by atoms with Crippen LogP contribution in [0.3, 0.4) is 0 Å². The van der Waals surface area contributed by atoms with E-state index in [2.05, 4.69) is 6.92 Å². The molecule has 40 heavy (non-hydrogen) atoms. The Bertz CT molecular complexity index is 1220. The maximum atomic E-state index is 12.7. The molecule has 5 nitrogen and oxygen atoms in total. The van der Waals surface area contributed by atoms with E-state index in [0.29, 0.717) is 5.75 Å². The number of esters is 2. The smallest absolute Gasteiger partial charge is 0.343 e. The van der Waals surface area contributed by atoms with Crippen LogP contribution in [-0.4, -0.2) is 23.9 Å². The predicted molar refractivity (Wildman–Crippen MR) is 162 cm³/mol. The summed E-state index contributed by atoms with van der Waals surface area (Å²) in [6.45, 7) is 6.60. The van der Waals surface area contributed by atoms with Gasteiger partial charge in [0.1, 0.15) is 22.6 Å². The Hall–Kier alpha value is -3.02. The Kier molecular flexibility index (Phi) is 12.8. The molecule has 214 valence electrons. The highest BCUT2D eigenvalue weighted by atomic mass is 35.5. The molecule has 0 saturated carbocycles. The van der Waals surface area contributed by atoms with E-state index >= 15 is 0 Å². The summed E-state index contributed by atoms with van der Waals surface area (Å²) in [4.78, 5) is 24.8. The molecule has 3 aromatic carbocycles. The Morgan fingerprint density at radius 3 is 1.90 bits per heavy atom. The maximum Gasteiger partial charge on any atom is 0.343 e. The second kappa shape index (κ2) is 16.3. The molecular formula is C33H38Cl2O5. The largest absolute Gasteiger partial charge is 0.494 e. The van der Waals surface area contributed by atoms with Crippen molar-refractivity contribution in [3.05, 3.63) is 77.3 Å². The number of hydrogen-bond donors (Lipinski definition) is 0. The molecule has 0 heterocycles. The minimum absolute atomic E-state index is 0.0912. The lowest BCUT2D eigenvalue weighted by atomic mass is 10.1. The van der Waals surface area contributed by atoms with E-state index < -0.39 is 17.3 Å². The molecule has 0 fully saturated rings. The first-order chi connectivity index (χ1) is 19.3. The molecule has 0 saturated heterocycles. The van der Waals surface area contributed by atoms with E-state index in [0.717, 1.165) is 29.9 Å². The van der Waals surface area contributed by atoms with Gasteiger partial charge in [0.15, 0.2) is 0 Å². The van der Waals surface area contributed by atoms with Crippen LogP contribution in [0.5, 0.6) is 17.2 Å². The Morgan fingerprint density at radius 2 is 1.32 bits per heavy atom. The fourth-order valence-corrected chi connectivity index (χ4v) is 4.29. The topological polar surface area (TPSA) is 61.8 Å². The van der Waals surface area contributed by atoms with Crippen LogP contribution in [0.25, 0.3) is 11.1 Å². The van der Waals surface area contributed by atoms with Crippen molar-refractivity contribution in [2.45, 2.75) is 71.1 Å². The fraction of sp³-hybridized carbons (Fsp3) is 0.394. The maximum absolute atomic E-state index is 12.7. The van der Waals surface area contributed by atoms with E-state index in [1.165, 1.54) is 56.7 Å². The van der Waals surface area contributed by atoms with Crippen molar-refractivity contribution in [1.82, 2.24) is 0 Å². The van der Waals surface area contributed by atoms with Gasteiger partial charge in [0.2, 0.25) is 0 Å². The van der Waals surface area contributed by atoms with E-state index in [4.69, 9.17) is 37.4 Å². The molecule has 0 aliphatic heterocycles. The molecule has 3 rings (SSSR count). The van der Waals surface area contributed by atoms with Crippen LogP contribution >= 0.6 is 23.2 Å². The molecule has 3 aromatic rings. The van der Waals surface area contributed by atoms with Crippen molar-refractivity contribution in [1.29, 1.82) is 0 Å². The van der Waals surface area contributed by atoms with Gasteiger partial charge in [0.25, 0.3) is 0 Å². The summed E-state index contributed by atoms with van der Waals surface area (Å²) in [5.74, 6) is 0.130. The summed E-state index contributed by atoms with van der Waals surface area (Å²) in [6.07, 6.45) is 8.81. The molecule has 0 radical (unpaired) electrons. The molecule has 0 bridgehead atoms. The van der Waals surface area contributed by atoms with Crippen LogP contribution in [0.4, 0.5) is 0 Å². The van der Waals surface area contributed by atoms with Crippen LogP contribution in [0.2, 0.25) is 5.02 Å². The van der Waals surface area contributed by atoms with Crippen molar-refractivity contribution in [3.63, 3.8) is 0 Å². The fourth-order valence-electron chi connectivity index (χ4n) is 4.02. The molecule has 0 N–H and O–H groups in total. The van der Waals surface area contributed by atoms with E-state index in [1.54, 1.807) is 12.1 Å². The molecule has 0 aromatic heterocycles. The number of carbonyl (C=O) groups is 2. The summed E-state index contributed by atoms with van der Waals surface area (Å²) < 4.78 is 16.7. The number of alkyl halides is 1. The zero-order valence-electron chi connectivity index (χ0n) is 23.5. The Labute approximate surface area is 247 Å². The summed E-state index contributed by atoms with van der Waals surface area (Å²) >= 11 is 12.3. The second-order valence-electron chi connectivity index (χ2n) is 10.1. The zero-order valence-corrected chi connectivity index (χ0v) is 25.0. The number of hydrogen-bond acceptors (Lipinski definition) is 5. The highest BCUT2D eigenvalue weighted by Gasteiger charge is 2.23. The van der Waals surface area contributed by atoms with Crippen LogP contribution < -0.4 is 14.2 Å². The van der Waals surface area contributed by atoms with Gasteiger partial charge in [-0.2, -0.15) is 0 Å². The van der Waals surface area contributed by atoms with Crippen LogP contribution in [-0.2, 0) is 4.79 Å². The second-order valence-corrected chi connectivity index (χ2v) is 11.0. The molecular weight excluding hydrogens is 547 g/mol. The van der Waals surface area contributed by atoms with Crippen molar-refractivity contribution in [2.24, 2.45) is 5.92 Å². The predicted octanol–water partition coefficient (Wildman–Crippen LogP) is 9.52. The summed E-state index contributed by atoms with van der Waals surface area (Å²) in [6, 6.07) is 19.6. The number of unbranched alkanes of at least 4 members (excludes halogenated alkanes) is 6. The van der Waals surface area contributed by atoms with Gasteiger partial charge in [-0.05, 0) is 65.9 Å². The van der Waals surface area contributed by atoms with Gasteiger partial charge in [-0.3, -0.25) is 4.79 Å². The number of ether oxygens (including phenoxy) is 3. The third-order valence-electron chi connectivity index (χ3n) is 6.46. The first kappa shape index (κ1) is 31.5. The minimum atomic E-state index is -0.797. The SMILES string of the molecule is CCCCCCCCCOc1ccc(-c2ccc(OC(=O)c3ccc(OC(=O)C(Cl)C(C)C)c(Cl)c3)cc2)cc1. The van der Waals surface area contributed by atoms with Crippen molar-refractivity contribution in [3.8, 4) is 28.4 Å². The van der Waals surface area contributed by atoms with Gasteiger partial charge in [-0.1, -0.05) is 95.2 Å². The Morgan fingerprint density at radius 1 is 0.750 bits per heavy atom. The summed E-state index contributed by atoms with van der Waals surface area (Å²) in [7, 11) is 0. The van der Waals surface area contributed by atoms with E-state index in [-0.39, 0.29) is 22.3 Å². The van der Waals surface area contributed by atoms with Gasteiger partial charge < -0.3 is 14.2 Å². The third kappa shape index (κ3) is 9.87. The molecule has 0 aliphatic rings. The van der Waals surface area contributed by atoms with Crippen molar-refractivity contribution < 1.29 is 23.8 Å². The van der Waals surface area contributed by atoms with Gasteiger partial charge in [-0.15, -0.1) is 11.6 Å². The zero-order chi connectivity index (χ0) is 28.9. The highest BCUT2D eigenvalue weighted by Crippen LogP contribution is 2.29. The lowest BCUT2D eigenvalue weighted by molar-refractivity contribution is -0.134. The normalized spacial score (nSPS) is 11.8. The number of benzene rings is 3. The number of carbonyl (C=O) groups excluding carboxylic acids is 2. The molecule has 0 aliphatic carbocycles. The van der Waals surface area contributed by atoms with E-state index in [1.807, 2.05) is 50.2 Å². The highest BCUT2D eigenvalue weighted by molar-refractivity contribution is 6.33. The molecule has 0 amide bonds. The van der Waals surface area contributed by atoms with Crippen LogP contribution in [0.15, 0.2) is 66.7 Å². The lowest BCUT2D eigenvalue weighted by Crippen LogP contribution is -2.25. The van der Waals surface area contributed by atoms with E-state index in [9.17, 15) is 9.59 Å². The third-order valence-corrected chi connectivity index (χ3v) is 7.44. The van der Waals surface area contributed by atoms with Gasteiger partial charge in [0, 0.05) is 0 Å². The van der Waals surface area contributed by atoms with Crippen LogP contribution in [0.1, 0.15) is 76.1 Å². The standard InChI is InChI=1S/C33H38Cl2O5/c1-4-5-6-7-8-9-10-21-38-27-16-11-24(12-17-27)25-13-18-28(19-14-25)39-32(36)26-15-20-30(29(34)22-26)40-33(37)31(35)23(2)3/h11-20,22-23,31H,4-10,21H2,1-3H3. The Balaban J connectivity index is 1.49. The lowest BCUT2D eigenvalue weighted by Gasteiger charge is -2.13. The first-order valence-corrected chi connectivity index (χ1v) is 14.8. The summed E-state index contributed by atoms with van der Waals surface area (Å²) in [5, 5.41) is -0.685. The van der Waals surface area contributed by atoms with Crippen molar-refractivity contribution >= 4 is 35.1 Å². The number of rotatable bonds is 15. The average Bonchev–Trinajstić information content (AvgIpc) is 2.95. The monoisotopic (exact) mass is 584 g/mol. The number of halogens is 2. The summed E-state index contributed by atoms with van der Waals surface area (Å²) in [5.41, 5.74) is 2.26. The molecule has 0 spiro atoms. The van der Waals surface area contributed by atoms with Gasteiger partial charge in [0.05, 0.1) is 17.2 Å². The first-order valence-electron chi connectivity index (χ1n) is 14.0.